The molecule has 2 fully saturated rings. The van der Waals surface area contributed by atoms with E-state index in [9.17, 15) is 9.90 Å². The normalized spacial score (nSPS) is 37.1. The van der Waals surface area contributed by atoms with Gasteiger partial charge in [0.1, 0.15) is 17.4 Å². The number of aromatic hydroxyl groups is 1. The Kier molecular flexibility index (Phi) is 7.63. The minimum atomic E-state index is -0.396. The summed E-state index contributed by atoms with van der Waals surface area (Å²) >= 11 is 0. The number of allylic oxidation sites excluding steroid dienone is 4. The predicted molar refractivity (Wildman–Crippen MR) is 164 cm³/mol. The lowest BCUT2D eigenvalue weighted by Crippen LogP contribution is -2.55. The molecule has 1 N–H and O–H groups in total. The zero-order valence-electron chi connectivity index (χ0n) is 26.5. The average Bonchev–Trinajstić information content (AvgIpc) is 3.17. The van der Waals surface area contributed by atoms with Crippen molar-refractivity contribution >= 4 is 5.97 Å². The average molecular weight is 547 g/mol. The van der Waals surface area contributed by atoms with Crippen LogP contribution in [0.15, 0.2) is 47.1 Å². The van der Waals surface area contributed by atoms with Gasteiger partial charge in [-0.2, -0.15) is 0 Å². The highest BCUT2D eigenvalue weighted by molar-refractivity contribution is 5.92. The fourth-order valence-electron chi connectivity index (χ4n) is 10.5. The highest BCUT2D eigenvalue weighted by Crippen LogP contribution is 2.72. The first-order valence-corrected chi connectivity index (χ1v) is 16.1. The van der Waals surface area contributed by atoms with Gasteiger partial charge in [0.2, 0.25) is 0 Å². The first kappa shape index (κ1) is 29.5. The summed E-state index contributed by atoms with van der Waals surface area (Å²) in [5, 5.41) is 10.2. The summed E-state index contributed by atoms with van der Waals surface area (Å²) in [6.45, 7) is 19.5. The van der Waals surface area contributed by atoms with Gasteiger partial charge in [-0.25, -0.2) is 4.79 Å². The molecule has 3 heteroatoms. The van der Waals surface area contributed by atoms with Crippen molar-refractivity contribution in [1.29, 1.82) is 0 Å². The molecule has 0 unspecified atom stereocenters. The van der Waals surface area contributed by atoms with Crippen LogP contribution in [-0.2, 0) is 4.74 Å². The molecular formula is C37H54O3. The SMILES string of the molecule is CC(C)=CCC[C@@H](C)[C@H]1CC[C@@]2(C)C3=C(CC[C@]12C)[C@@]1(C)CC[C@H](OC(=O)c2ccccc2O)C(C)(C)[C@@H]1CC3. The molecule has 0 aromatic heterocycles. The van der Waals surface area contributed by atoms with Crippen LogP contribution < -0.4 is 0 Å². The van der Waals surface area contributed by atoms with Gasteiger partial charge in [-0.1, -0.05) is 76.5 Å². The fourth-order valence-corrected chi connectivity index (χ4v) is 10.5. The number of benzene rings is 1. The summed E-state index contributed by atoms with van der Waals surface area (Å²) in [4.78, 5) is 13.1. The molecule has 40 heavy (non-hydrogen) atoms. The number of phenolic OH excluding ortho intramolecular Hbond substituents is 1. The molecule has 0 amide bonds. The van der Waals surface area contributed by atoms with E-state index in [4.69, 9.17) is 4.74 Å². The third-order valence-electron chi connectivity index (χ3n) is 13.0. The Bertz CT molecular complexity index is 1200. The smallest absolute Gasteiger partial charge is 0.342 e. The summed E-state index contributed by atoms with van der Waals surface area (Å²) in [5.74, 6) is 1.67. The molecule has 4 aliphatic rings. The number of hydrogen-bond donors (Lipinski definition) is 1. The van der Waals surface area contributed by atoms with Crippen molar-refractivity contribution in [3.05, 3.63) is 52.6 Å². The lowest BCUT2D eigenvalue weighted by molar-refractivity contribution is -0.104. The topological polar surface area (TPSA) is 46.5 Å². The zero-order valence-corrected chi connectivity index (χ0v) is 26.5. The van der Waals surface area contributed by atoms with Crippen LogP contribution in [0.4, 0.5) is 0 Å². The third kappa shape index (κ3) is 4.49. The Morgan fingerprint density at radius 3 is 2.42 bits per heavy atom. The van der Waals surface area contributed by atoms with Crippen molar-refractivity contribution < 1.29 is 14.6 Å². The van der Waals surface area contributed by atoms with Crippen LogP contribution in [0.3, 0.4) is 0 Å². The molecule has 1 aromatic rings. The Balaban J connectivity index is 1.38. The van der Waals surface area contributed by atoms with Crippen molar-refractivity contribution in [1.82, 2.24) is 0 Å². The third-order valence-corrected chi connectivity index (χ3v) is 13.0. The van der Waals surface area contributed by atoms with Crippen molar-refractivity contribution in [2.45, 2.75) is 126 Å². The summed E-state index contributed by atoms with van der Waals surface area (Å²) in [6.07, 6.45) is 14.4. The van der Waals surface area contributed by atoms with Gasteiger partial charge >= 0.3 is 5.97 Å². The number of carbonyl (C=O) groups is 1. The molecule has 3 nitrogen and oxygen atoms in total. The lowest BCUT2D eigenvalue weighted by Gasteiger charge is -2.62. The van der Waals surface area contributed by atoms with Crippen LogP contribution in [0.25, 0.3) is 0 Å². The maximum absolute atomic E-state index is 13.1. The van der Waals surface area contributed by atoms with E-state index in [0.29, 0.717) is 16.7 Å². The van der Waals surface area contributed by atoms with Gasteiger partial charge in [0.15, 0.2) is 0 Å². The monoisotopic (exact) mass is 546 g/mol. The van der Waals surface area contributed by atoms with E-state index in [1.807, 2.05) is 5.57 Å². The van der Waals surface area contributed by atoms with Gasteiger partial charge in [-0.15, -0.1) is 0 Å². The van der Waals surface area contributed by atoms with Crippen LogP contribution in [0.2, 0.25) is 0 Å². The van der Waals surface area contributed by atoms with Crippen molar-refractivity contribution in [3.63, 3.8) is 0 Å². The van der Waals surface area contributed by atoms with E-state index in [0.717, 1.165) is 24.7 Å². The Morgan fingerprint density at radius 1 is 1.00 bits per heavy atom. The van der Waals surface area contributed by atoms with E-state index in [-0.39, 0.29) is 28.2 Å². The number of fused-ring (bicyclic) bond motifs is 4. The number of para-hydroxylation sites is 1. The number of rotatable bonds is 6. The first-order chi connectivity index (χ1) is 18.8. The Hall–Kier alpha value is -2.03. The summed E-state index contributed by atoms with van der Waals surface area (Å²) in [7, 11) is 0. The standard InChI is InChI=1S/C37H54O3/c1-24(2)12-11-13-25(3)27-18-22-37(8)29-16-17-31-34(4,5)32(40-33(39)26-14-9-10-15-30(26)38)20-21-35(31,6)28(29)19-23-36(27,37)7/h9-10,12,14-15,25,27,31-32,38H,11,13,16-23H2,1-8H3/t25-,27-,31+,32+,35-,36-,37+/m1/s1. The van der Waals surface area contributed by atoms with Gasteiger partial charge in [-0.05, 0) is 124 Å². The van der Waals surface area contributed by atoms with Gasteiger partial charge in [0, 0.05) is 5.41 Å². The second-order valence-corrected chi connectivity index (χ2v) is 15.5. The fraction of sp³-hybridized carbons (Fsp3) is 0.703. The maximum Gasteiger partial charge on any atom is 0.342 e. The molecule has 0 spiro atoms. The minimum Gasteiger partial charge on any atom is -0.507 e. The molecule has 1 aromatic carbocycles. The van der Waals surface area contributed by atoms with Crippen LogP contribution in [-0.4, -0.2) is 17.2 Å². The van der Waals surface area contributed by atoms with Crippen molar-refractivity contribution in [2.24, 2.45) is 39.4 Å². The summed E-state index contributed by atoms with van der Waals surface area (Å²) in [5.41, 5.74) is 6.06. The molecule has 4 aliphatic carbocycles. The molecule has 0 radical (unpaired) electrons. The summed E-state index contributed by atoms with van der Waals surface area (Å²) in [6, 6.07) is 6.74. The van der Waals surface area contributed by atoms with Gasteiger partial charge in [-0.3, -0.25) is 0 Å². The van der Waals surface area contributed by atoms with Gasteiger partial charge in [0.25, 0.3) is 0 Å². The largest absolute Gasteiger partial charge is 0.507 e. The van der Waals surface area contributed by atoms with Crippen LogP contribution in [0.5, 0.6) is 5.75 Å². The second-order valence-electron chi connectivity index (χ2n) is 15.5. The molecule has 220 valence electrons. The number of phenols is 1. The Morgan fingerprint density at radius 2 is 1.73 bits per heavy atom. The molecular weight excluding hydrogens is 492 g/mol. The predicted octanol–water partition coefficient (Wildman–Crippen LogP) is 10.0. The molecule has 0 aliphatic heterocycles. The summed E-state index contributed by atoms with van der Waals surface area (Å²) < 4.78 is 6.18. The van der Waals surface area contributed by atoms with Crippen LogP contribution >= 0.6 is 0 Å². The number of hydrogen-bond acceptors (Lipinski definition) is 3. The van der Waals surface area contributed by atoms with Crippen LogP contribution in [0.1, 0.15) is 130 Å². The number of esters is 1. The van der Waals surface area contributed by atoms with Crippen LogP contribution in [0, 0.1) is 39.4 Å². The molecule has 0 saturated heterocycles. The van der Waals surface area contributed by atoms with Crippen molar-refractivity contribution in [2.75, 3.05) is 0 Å². The Labute approximate surface area is 243 Å². The van der Waals surface area contributed by atoms with Gasteiger partial charge < -0.3 is 9.84 Å². The van der Waals surface area contributed by atoms with E-state index in [1.165, 1.54) is 56.9 Å². The lowest BCUT2D eigenvalue weighted by atomic mass is 9.43. The number of carbonyl (C=O) groups excluding carboxylic acids is 1. The minimum absolute atomic E-state index is 0.00181. The van der Waals surface area contributed by atoms with Crippen molar-refractivity contribution in [3.8, 4) is 5.75 Å². The first-order valence-electron chi connectivity index (χ1n) is 16.1. The quantitative estimate of drug-likeness (QED) is 0.285. The highest BCUT2D eigenvalue weighted by Gasteiger charge is 2.63. The van der Waals surface area contributed by atoms with E-state index in [2.05, 4.69) is 61.5 Å². The van der Waals surface area contributed by atoms with E-state index < -0.39 is 5.97 Å². The molecule has 5 rings (SSSR count). The van der Waals surface area contributed by atoms with E-state index in [1.54, 1.807) is 29.8 Å². The second kappa shape index (κ2) is 10.4. The molecule has 0 bridgehead atoms. The van der Waals surface area contributed by atoms with E-state index >= 15 is 0 Å². The molecule has 2 saturated carbocycles. The highest BCUT2D eigenvalue weighted by atomic mass is 16.5. The molecule has 7 atom stereocenters. The molecule has 0 heterocycles. The van der Waals surface area contributed by atoms with Gasteiger partial charge in [0.05, 0.1) is 0 Å². The zero-order chi connectivity index (χ0) is 29.1. The number of ether oxygens (including phenoxy) is 1. The maximum atomic E-state index is 13.1.